The highest BCUT2D eigenvalue weighted by Crippen LogP contribution is 2.24. The van der Waals surface area contributed by atoms with E-state index in [1.165, 1.54) is 23.1 Å². The summed E-state index contributed by atoms with van der Waals surface area (Å²) in [6, 6.07) is 1.95. The SMILES string of the molecule is Cc1cnc2c(c1)nc(SCC(=O)O)n2Cc1cscn1. The van der Waals surface area contributed by atoms with Gasteiger partial charge in [0.2, 0.25) is 0 Å². The van der Waals surface area contributed by atoms with Crippen LogP contribution in [0.15, 0.2) is 28.3 Å². The molecule has 0 aliphatic rings. The number of imidazole rings is 1. The van der Waals surface area contributed by atoms with Crippen LogP contribution in [0, 0.1) is 6.92 Å². The van der Waals surface area contributed by atoms with Crippen LogP contribution in [0.3, 0.4) is 0 Å². The number of carboxylic acids is 1. The van der Waals surface area contributed by atoms with E-state index in [9.17, 15) is 4.79 Å². The molecule has 0 atom stereocenters. The van der Waals surface area contributed by atoms with Gasteiger partial charge in [0.05, 0.1) is 23.5 Å². The molecule has 0 bridgehead atoms. The monoisotopic (exact) mass is 320 g/mol. The number of pyridine rings is 1. The number of hydrogen-bond donors (Lipinski definition) is 1. The molecule has 3 rings (SSSR count). The Hall–Kier alpha value is -1.93. The number of hydrogen-bond acceptors (Lipinski definition) is 6. The zero-order chi connectivity index (χ0) is 14.8. The Morgan fingerprint density at radius 2 is 2.33 bits per heavy atom. The molecule has 3 aromatic rings. The average molecular weight is 320 g/mol. The highest BCUT2D eigenvalue weighted by atomic mass is 32.2. The molecule has 0 unspecified atom stereocenters. The summed E-state index contributed by atoms with van der Waals surface area (Å²) < 4.78 is 1.91. The maximum atomic E-state index is 10.8. The lowest BCUT2D eigenvalue weighted by molar-refractivity contribution is -0.133. The summed E-state index contributed by atoms with van der Waals surface area (Å²) in [5, 5.41) is 11.5. The quantitative estimate of drug-likeness (QED) is 0.727. The van der Waals surface area contributed by atoms with Crippen molar-refractivity contribution >= 4 is 40.2 Å². The van der Waals surface area contributed by atoms with Gasteiger partial charge in [0.15, 0.2) is 10.8 Å². The zero-order valence-electron chi connectivity index (χ0n) is 11.2. The fraction of sp³-hybridized carbons (Fsp3) is 0.231. The second kappa shape index (κ2) is 5.82. The topological polar surface area (TPSA) is 80.9 Å². The van der Waals surface area contributed by atoms with Gasteiger partial charge in [-0.05, 0) is 18.6 Å². The molecule has 108 valence electrons. The number of fused-ring (bicyclic) bond motifs is 1. The van der Waals surface area contributed by atoms with Crippen LogP contribution in [-0.4, -0.2) is 36.3 Å². The molecule has 8 heteroatoms. The van der Waals surface area contributed by atoms with E-state index in [1.54, 1.807) is 11.7 Å². The lowest BCUT2D eigenvalue weighted by atomic mass is 10.3. The molecule has 0 aliphatic carbocycles. The molecule has 6 nitrogen and oxygen atoms in total. The Labute approximate surface area is 128 Å². The van der Waals surface area contributed by atoms with E-state index in [4.69, 9.17) is 5.11 Å². The van der Waals surface area contributed by atoms with Crippen molar-refractivity contribution in [1.29, 1.82) is 0 Å². The molecule has 0 radical (unpaired) electrons. The van der Waals surface area contributed by atoms with Gasteiger partial charge in [0, 0.05) is 11.6 Å². The number of rotatable bonds is 5. The molecule has 0 aliphatic heterocycles. The third-order valence-corrected chi connectivity index (χ3v) is 4.41. The first-order valence-corrected chi connectivity index (χ1v) is 8.11. The number of aryl methyl sites for hydroxylation is 1. The summed E-state index contributed by atoms with van der Waals surface area (Å²) in [6.07, 6.45) is 1.78. The summed E-state index contributed by atoms with van der Waals surface area (Å²) in [5.41, 5.74) is 5.24. The standard InChI is InChI=1S/C13H12N4O2S2/c1-8-2-10-12(14-3-8)17(4-9-5-20-7-15-9)13(16-10)21-6-11(18)19/h2-3,5,7H,4,6H2,1H3,(H,18,19). The van der Waals surface area contributed by atoms with Gasteiger partial charge in [-0.25, -0.2) is 15.0 Å². The minimum atomic E-state index is -0.864. The first-order chi connectivity index (χ1) is 10.1. The lowest BCUT2D eigenvalue weighted by Crippen LogP contribution is -2.05. The lowest BCUT2D eigenvalue weighted by Gasteiger charge is -2.05. The maximum absolute atomic E-state index is 10.8. The average Bonchev–Trinajstić information content (AvgIpc) is 3.05. The van der Waals surface area contributed by atoms with Crippen molar-refractivity contribution in [2.75, 3.05) is 5.75 Å². The van der Waals surface area contributed by atoms with Gasteiger partial charge < -0.3 is 5.11 Å². The van der Waals surface area contributed by atoms with Gasteiger partial charge in [-0.3, -0.25) is 9.36 Å². The second-order valence-electron chi connectivity index (χ2n) is 4.50. The van der Waals surface area contributed by atoms with E-state index in [2.05, 4.69) is 15.0 Å². The Kier molecular flexibility index (Phi) is 3.89. The maximum Gasteiger partial charge on any atom is 0.313 e. The van der Waals surface area contributed by atoms with Gasteiger partial charge in [-0.2, -0.15) is 0 Å². The first kappa shape index (κ1) is 14.0. The normalized spacial score (nSPS) is 11.1. The molecule has 3 heterocycles. The predicted octanol–water partition coefficient (Wildman–Crippen LogP) is 2.42. The molecule has 0 spiro atoms. The van der Waals surface area contributed by atoms with Gasteiger partial charge in [0.1, 0.15) is 5.52 Å². The van der Waals surface area contributed by atoms with Crippen molar-refractivity contribution in [3.63, 3.8) is 0 Å². The highest BCUT2D eigenvalue weighted by Gasteiger charge is 2.15. The Balaban J connectivity index is 2.03. The second-order valence-corrected chi connectivity index (χ2v) is 6.16. The van der Waals surface area contributed by atoms with Crippen LogP contribution >= 0.6 is 23.1 Å². The van der Waals surface area contributed by atoms with Crippen LogP contribution in [0.4, 0.5) is 0 Å². The molecule has 0 saturated heterocycles. The number of aromatic nitrogens is 4. The molecule has 3 aromatic heterocycles. The molecule has 0 fully saturated rings. The van der Waals surface area contributed by atoms with E-state index in [1.807, 2.05) is 22.9 Å². The number of carbonyl (C=O) groups is 1. The number of carboxylic acid groups (broad SMARTS) is 1. The van der Waals surface area contributed by atoms with Crippen LogP contribution in [0.2, 0.25) is 0 Å². The third-order valence-electron chi connectivity index (χ3n) is 2.81. The van der Waals surface area contributed by atoms with Gasteiger partial charge in [-0.15, -0.1) is 11.3 Å². The zero-order valence-corrected chi connectivity index (χ0v) is 12.8. The van der Waals surface area contributed by atoms with E-state index in [0.717, 1.165) is 22.4 Å². The molecular weight excluding hydrogens is 308 g/mol. The molecule has 1 N–H and O–H groups in total. The van der Waals surface area contributed by atoms with Crippen molar-refractivity contribution in [1.82, 2.24) is 19.5 Å². The summed E-state index contributed by atoms with van der Waals surface area (Å²) in [6.45, 7) is 2.49. The smallest absolute Gasteiger partial charge is 0.313 e. The third kappa shape index (κ3) is 3.06. The molecular formula is C13H12N4O2S2. The number of nitrogens with zero attached hydrogens (tertiary/aromatic N) is 4. The van der Waals surface area contributed by atoms with Crippen LogP contribution < -0.4 is 0 Å². The number of thiazole rings is 1. The van der Waals surface area contributed by atoms with Gasteiger partial charge in [0.25, 0.3) is 0 Å². The minimum Gasteiger partial charge on any atom is -0.481 e. The summed E-state index contributed by atoms with van der Waals surface area (Å²) in [7, 11) is 0. The van der Waals surface area contributed by atoms with Gasteiger partial charge >= 0.3 is 5.97 Å². The molecule has 0 saturated carbocycles. The van der Waals surface area contributed by atoms with E-state index in [-0.39, 0.29) is 5.75 Å². The Morgan fingerprint density at radius 1 is 1.48 bits per heavy atom. The van der Waals surface area contributed by atoms with Crippen LogP contribution in [-0.2, 0) is 11.3 Å². The fourth-order valence-corrected chi connectivity index (χ4v) is 3.22. The van der Waals surface area contributed by atoms with Gasteiger partial charge in [-0.1, -0.05) is 11.8 Å². The van der Waals surface area contributed by atoms with Crippen molar-refractivity contribution < 1.29 is 9.90 Å². The van der Waals surface area contributed by atoms with E-state index >= 15 is 0 Å². The summed E-state index contributed by atoms with van der Waals surface area (Å²) in [5.74, 6) is -0.893. The first-order valence-electron chi connectivity index (χ1n) is 6.18. The van der Waals surface area contributed by atoms with Crippen LogP contribution in [0.25, 0.3) is 11.2 Å². The van der Waals surface area contributed by atoms with Crippen molar-refractivity contribution in [3.05, 3.63) is 34.4 Å². The predicted molar refractivity (Wildman–Crippen MR) is 81.8 cm³/mol. The van der Waals surface area contributed by atoms with E-state index in [0.29, 0.717) is 11.7 Å². The van der Waals surface area contributed by atoms with Crippen LogP contribution in [0.1, 0.15) is 11.3 Å². The Bertz CT molecular complexity index is 783. The van der Waals surface area contributed by atoms with E-state index < -0.39 is 5.97 Å². The summed E-state index contributed by atoms with van der Waals surface area (Å²) >= 11 is 2.72. The molecule has 0 amide bonds. The summed E-state index contributed by atoms with van der Waals surface area (Å²) in [4.78, 5) is 24.0. The van der Waals surface area contributed by atoms with Crippen molar-refractivity contribution in [3.8, 4) is 0 Å². The van der Waals surface area contributed by atoms with Crippen molar-refractivity contribution in [2.24, 2.45) is 0 Å². The minimum absolute atomic E-state index is 0.0284. The number of aliphatic carboxylic acids is 1. The van der Waals surface area contributed by atoms with Crippen LogP contribution in [0.5, 0.6) is 0 Å². The highest BCUT2D eigenvalue weighted by molar-refractivity contribution is 7.99. The molecule has 21 heavy (non-hydrogen) atoms. The molecule has 0 aromatic carbocycles. The number of thioether (sulfide) groups is 1. The Morgan fingerprint density at radius 3 is 3.05 bits per heavy atom. The fourth-order valence-electron chi connectivity index (χ4n) is 1.95. The largest absolute Gasteiger partial charge is 0.481 e. The van der Waals surface area contributed by atoms with Crippen molar-refractivity contribution in [2.45, 2.75) is 18.6 Å².